The van der Waals surface area contributed by atoms with E-state index in [9.17, 15) is 13.2 Å². The van der Waals surface area contributed by atoms with Gasteiger partial charge in [-0.25, -0.2) is 12.7 Å². The van der Waals surface area contributed by atoms with Gasteiger partial charge in [-0.2, -0.15) is 0 Å². The van der Waals surface area contributed by atoms with Gasteiger partial charge in [0.2, 0.25) is 15.9 Å². The van der Waals surface area contributed by atoms with E-state index >= 15 is 0 Å². The Hall–Kier alpha value is -1.51. The van der Waals surface area contributed by atoms with Crippen LogP contribution in [0.4, 0.5) is 0 Å². The van der Waals surface area contributed by atoms with Crippen LogP contribution in [0.3, 0.4) is 0 Å². The molecule has 7 nitrogen and oxygen atoms in total. The molecule has 0 bridgehead atoms. The summed E-state index contributed by atoms with van der Waals surface area (Å²) in [6, 6.07) is 3.49. The third kappa shape index (κ3) is 5.26. The Morgan fingerprint density at radius 1 is 1.35 bits per heavy atom. The van der Waals surface area contributed by atoms with Gasteiger partial charge in [0.15, 0.2) is 0 Å². The van der Waals surface area contributed by atoms with E-state index in [4.69, 9.17) is 4.74 Å². The van der Waals surface area contributed by atoms with Gasteiger partial charge < -0.3 is 10.1 Å². The van der Waals surface area contributed by atoms with E-state index in [1.807, 2.05) is 12.1 Å². The molecule has 1 aromatic rings. The van der Waals surface area contributed by atoms with Crippen LogP contribution >= 0.6 is 0 Å². The summed E-state index contributed by atoms with van der Waals surface area (Å²) in [5, 5.41) is 2.90. The maximum Gasteiger partial charge on any atom is 0.220 e. The maximum atomic E-state index is 12.1. The Kier molecular flexibility index (Phi) is 6.09. The lowest BCUT2D eigenvalue weighted by molar-refractivity contribution is -0.121. The zero-order valence-corrected chi connectivity index (χ0v) is 14.3. The molecule has 1 aliphatic rings. The van der Waals surface area contributed by atoms with E-state index in [0.717, 1.165) is 5.56 Å². The lowest BCUT2D eigenvalue weighted by atomic mass is 10.1. The topological polar surface area (TPSA) is 88.6 Å². The largest absolute Gasteiger partial charge is 0.379 e. The molecule has 1 fully saturated rings. The van der Waals surface area contributed by atoms with Gasteiger partial charge in [-0.1, -0.05) is 0 Å². The van der Waals surface area contributed by atoms with E-state index in [0.29, 0.717) is 26.1 Å². The molecule has 0 radical (unpaired) electrons. The number of ether oxygens (including phenoxy) is 1. The van der Waals surface area contributed by atoms with Crippen molar-refractivity contribution in [3.05, 3.63) is 30.1 Å². The van der Waals surface area contributed by atoms with Crippen molar-refractivity contribution in [2.75, 3.05) is 33.1 Å². The second-order valence-electron chi connectivity index (χ2n) is 5.89. The molecule has 1 aliphatic heterocycles. The SMILES string of the molecule is CN(C)S(=O)(=O)C[C@@H]1COC[C@H]1NC(=O)CCc1ccncc1. The number of aryl methyl sites for hydroxylation is 1. The average molecular weight is 341 g/mol. The molecule has 23 heavy (non-hydrogen) atoms. The quantitative estimate of drug-likeness (QED) is 0.756. The molecule has 1 amide bonds. The highest BCUT2D eigenvalue weighted by molar-refractivity contribution is 7.89. The summed E-state index contributed by atoms with van der Waals surface area (Å²) in [5.74, 6) is -0.327. The molecule has 2 rings (SSSR count). The molecule has 128 valence electrons. The molecule has 2 heterocycles. The average Bonchev–Trinajstić information content (AvgIpc) is 2.92. The molecule has 1 N–H and O–H groups in total. The van der Waals surface area contributed by atoms with Crippen molar-refractivity contribution < 1.29 is 17.9 Å². The highest BCUT2D eigenvalue weighted by atomic mass is 32.2. The number of pyridine rings is 1. The molecule has 1 saturated heterocycles. The molecule has 0 unspecified atom stereocenters. The van der Waals surface area contributed by atoms with Gasteiger partial charge >= 0.3 is 0 Å². The van der Waals surface area contributed by atoms with Crippen molar-refractivity contribution in [2.45, 2.75) is 18.9 Å². The fourth-order valence-electron chi connectivity index (χ4n) is 2.43. The van der Waals surface area contributed by atoms with Crippen LogP contribution in [0.2, 0.25) is 0 Å². The summed E-state index contributed by atoms with van der Waals surface area (Å²) in [4.78, 5) is 16.0. The number of nitrogens with one attached hydrogen (secondary N) is 1. The van der Waals surface area contributed by atoms with E-state index in [1.165, 1.54) is 18.4 Å². The molecule has 0 spiro atoms. The van der Waals surface area contributed by atoms with Gasteiger partial charge in [0, 0.05) is 38.8 Å². The molecule has 8 heteroatoms. The van der Waals surface area contributed by atoms with E-state index in [1.54, 1.807) is 12.4 Å². The van der Waals surface area contributed by atoms with Gasteiger partial charge in [-0.05, 0) is 24.1 Å². The minimum absolute atomic E-state index is 0.0186. The Morgan fingerprint density at radius 3 is 2.70 bits per heavy atom. The normalized spacial score (nSPS) is 21.5. The highest BCUT2D eigenvalue weighted by Gasteiger charge is 2.33. The first-order valence-corrected chi connectivity index (χ1v) is 9.15. The summed E-state index contributed by atoms with van der Waals surface area (Å²) in [5.41, 5.74) is 1.05. The summed E-state index contributed by atoms with van der Waals surface area (Å²) in [6.07, 6.45) is 4.37. The van der Waals surface area contributed by atoms with Crippen molar-refractivity contribution in [2.24, 2.45) is 5.92 Å². The minimum Gasteiger partial charge on any atom is -0.379 e. The van der Waals surface area contributed by atoms with Crippen molar-refractivity contribution in [3.8, 4) is 0 Å². The Bertz CT molecular complexity index is 619. The zero-order chi connectivity index (χ0) is 16.9. The van der Waals surface area contributed by atoms with Crippen molar-refractivity contribution >= 4 is 15.9 Å². The van der Waals surface area contributed by atoms with Gasteiger partial charge in [0.1, 0.15) is 0 Å². The minimum atomic E-state index is -3.31. The summed E-state index contributed by atoms with van der Waals surface area (Å²) in [6.45, 7) is 0.705. The number of nitrogens with zero attached hydrogens (tertiary/aromatic N) is 2. The fourth-order valence-corrected chi connectivity index (χ4v) is 3.60. The van der Waals surface area contributed by atoms with Crippen LogP contribution in [-0.4, -0.2) is 62.7 Å². The van der Waals surface area contributed by atoms with E-state index < -0.39 is 10.0 Å². The first kappa shape index (κ1) is 17.8. The van der Waals surface area contributed by atoms with Crippen LogP contribution in [0.25, 0.3) is 0 Å². The molecule has 1 aromatic heterocycles. The Labute approximate surface area is 137 Å². The first-order valence-electron chi connectivity index (χ1n) is 7.54. The van der Waals surface area contributed by atoms with Crippen LogP contribution in [0, 0.1) is 5.92 Å². The van der Waals surface area contributed by atoms with Gasteiger partial charge in [-0.3, -0.25) is 9.78 Å². The molecule has 0 saturated carbocycles. The highest BCUT2D eigenvalue weighted by Crippen LogP contribution is 2.17. The zero-order valence-electron chi connectivity index (χ0n) is 13.4. The Balaban J connectivity index is 1.85. The molecular formula is C15H23N3O4S. The predicted molar refractivity (Wildman–Crippen MR) is 86.3 cm³/mol. The summed E-state index contributed by atoms with van der Waals surface area (Å²) in [7, 11) is -0.296. The summed E-state index contributed by atoms with van der Waals surface area (Å²) >= 11 is 0. The number of hydrogen-bond acceptors (Lipinski definition) is 5. The number of hydrogen-bond donors (Lipinski definition) is 1. The van der Waals surface area contributed by atoms with Crippen LogP contribution in [0.5, 0.6) is 0 Å². The third-order valence-electron chi connectivity index (χ3n) is 3.92. The first-order chi connectivity index (χ1) is 10.9. The second kappa shape index (κ2) is 7.85. The van der Waals surface area contributed by atoms with Crippen molar-refractivity contribution in [3.63, 3.8) is 0 Å². The molecule has 0 aliphatic carbocycles. The number of sulfonamides is 1. The lowest BCUT2D eigenvalue weighted by Gasteiger charge is -2.21. The lowest BCUT2D eigenvalue weighted by Crippen LogP contribution is -2.43. The molecular weight excluding hydrogens is 318 g/mol. The number of rotatable bonds is 7. The van der Waals surface area contributed by atoms with Gasteiger partial charge in [-0.15, -0.1) is 0 Å². The maximum absolute atomic E-state index is 12.1. The number of carbonyl (C=O) groups excluding carboxylic acids is 1. The third-order valence-corrected chi connectivity index (χ3v) is 5.88. The van der Waals surface area contributed by atoms with Crippen LogP contribution < -0.4 is 5.32 Å². The number of amides is 1. The number of carbonyl (C=O) groups is 1. The van der Waals surface area contributed by atoms with Crippen LogP contribution in [-0.2, 0) is 26.0 Å². The van der Waals surface area contributed by atoms with Gasteiger partial charge in [0.05, 0.1) is 25.0 Å². The molecule has 2 atom stereocenters. The van der Waals surface area contributed by atoms with Crippen molar-refractivity contribution in [1.82, 2.24) is 14.6 Å². The number of aromatic nitrogens is 1. The predicted octanol–water partition coefficient (Wildman–Crippen LogP) is 0.0368. The van der Waals surface area contributed by atoms with Crippen molar-refractivity contribution in [1.29, 1.82) is 0 Å². The standard InChI is InChI=1S/C15H23N3O4S/c1-18(2)23(20,21)11-13-9-22-10-14(13)17-15(19)4-3-12-5-7-16-8-6-12/h5-8,13-14H,3-4,9-11H2,1-2H3,(H,17,19)/t13-,14+/m0/s1. The monoisotopic (exact) mass is 341 g/mol. The van der Waals surface area contributed by atoms with Crippen LogP contribution in [0.1, 0.15) is 12.0 Å². The van der Waals surface area contributed by atoms with Gasteiger partial charge in [0.25, 0.3) is 0 Å². The van der Waals surface area contributed by atoms with Crippen LogP contribution in [0.15, 0.2) is 24.5 Å². The smallest absolute Gasteiger partial charge is 0.220 e. The van der Waals surface area contributed by atoms with E-state index in [2.05, 4.69) is 10.3 Å². The Morgan fingerprint density at radius 2 is 2.04 bits per heavy atom. The van der Waals surface area contributed by atoms with E-state index in [-0.39, 0.29) is 23.6 Å². The second-order valence-corrected chi connectivity index (χ2v) is 8.12. The molecule has 0 aromatic carbocycles. The summed E-state index contributed by atoms with van der Waals surface area (Å²) < 4.78 is 30.5. The fraction of sp³-hybridized carbons (Fsp3) is 0.600.